The van der Waals surface area contributed by atoms with E-state index in [0.717, 1.165) is 28.8 Å². The maximum Gasteiger partial charge on any atom is 0.356 e. The van der Waals surface area contributed by atoms with Crippen molar-refractivity contribution >= 4 is 22.4 Å². The highest BCUT2D eigenvalue weighted by atomic mass is 16.5. The van der Waals surface area contributed by atoms with Gasteiger partial charge in [-0.25, -0.2) is 9.78 Å². The van der Waals surface area contributed by atoms with Crippen LogP contribution in [0.25, 0.3) is 10.8 Å². The molecule has 0 amide bonds. The smallest absolute Gasteiger partial charge is 0.356 e. The van der Waals surface area contributed by atoms with Crippen LogP contribution in [0.4, 0.5) is 5.69 Å². The number of benzene rings is 2. The summed E-state index contributed by atoms with van der Waals surface area (Å²) in [6, 6.07) is 17.6. The van der Waals surface area contributed by atoms with Crippen molar-refractivity contribution in [3.63, 3.8) is 0 Å². The summed E-state index contributed by atoms with van der Waals surface area (Å²) >= 11 is 0. The van der Waals surface area contributed by atoms with Gasteiger partial charge < -0.3 is 14.4 Å². The van der Waals surface area contributed by atoms with Gasteiger partial charge in [0, 0.05) is 24.3 Å². The lowest BCUT2D eigenvalue weighted by atomic mass is 10.1. The largest absolute Gasteiger partial charge is 0.492 e. The van der Waals surface area contributed by atoms with Gasteiger partial charge in [0.25, 0.3) is 0 Å². The predicted octanol–water partition coefficient (Wildman–Crippen LogP) is 3.54. The van der Waals surface area contributed by atoms with E-state index in [1.807, 2.05) is 43.4 Å². The van der Waals surface area contributed by atoms with Crippen molar-refractivity contribution in [2.24, 2.45) is 0 Å². The maximum absolute atomic E-state index is 11.5. The first-order valence-corrected chi connectivity index (χ1v) is 8.04. The Labute approximate surface area is 146 Å². The van der Waals surface area contributed by atoms with Gasteiger partial charge in [0.05, 0.1) is 13.7 Å². The number of likely N-dealkylation sites (N-methyl/N-ethyl adjacent to an activating group) is 1. The molecule has 0 saturated carbocycles. The molecule has 0 atom stereocenters. The second-order valence-electron chi connectivity index (χ2n) is 5.68. The van der Waals surface area contributed by atoms with Gasteiger partial charge in [0.15, 0.2) is 0 Å². The molecular weight excluding hydrogens is 316 g/mol. The van der Waals surface area contributed by atoms with E-state index in [0.29, 0.717) is 12.3 Å². The van der Waals surface area contributed by atoms with Crippen LogP contribution >= 0.6 is 0 Å². The Kier molecular flexibility index (Phi) is 5.14. The summed E-state index contributed by atoms with van der Waals surface area (Å²) in [6.07, 6.45) is 1.66. The van der Waals surface area contributed by atoms with Crippen LogP contribution in [0.15, 0.2) is 60.8 Å². The number of carbonyl (C=O) groups is 1. The number of hydrogen-bond donors (Lipinski definition) is 0. The Morgan fingerprint density at radius 2 is 1.88 bits per heavy atom. The Hall–Kier alpha value is -3.08. The predicted molar refractivity (Wildman–Crippen MR) is 98.3 cm³/mol. The first-order valence-electron chi connectivity index (χ1n) is 8.04. The number of aromatic nitrogens is 1. The molecule has 5 heteroatoms. The molecule has 0 spiro atoms. The third-order valence-electron chi connectivity index (χ3n) is 3.98. The minimum Gasteiger partial charge on any atom is -0.492 e. The molecule has 1 aromatic heterocycles. The van der Waals surface area contributed by atoms with E-state index in [2.05, 4.69) is 22.0 Å². The average molecular weight is 336 g/mol. The fourth-order valence-electron chi connectivity index (χ4n) is 2.54. The molecule has 0 fully saturated rings. The first-order chi connectivity index (χ1) is 12.2. The Bertz CT molecular complexity index is 865. The van der Waals surface area contributed by atoms with E-state index in [-0.39, 0.29) is 0 Å². The Balaban J connectivity index is 1.63. The van der Waals surface area contributed by atoms with Crippen molar-refractivity contribution in [3.05, 3.63) is 66.5 Å². The van der Waals surface area contributed by atoms with Crippen LogP contribution in [-0.2, 0) is 4.74 Å². The van der Waals surface area contributed by atoms with Gasteiger partial charge in [0.2, 0.25) is 0 Å². The molecule has 128 valence electrons. The van der Waals surface area contributed by atoms with E-state index in [4.69, 9.17) is 9.47 Å². The van der Waals surface area contributed by atoms with Crippen LogP contribution < -0.4 is 9.64 Å². The first kappa shape index (κ1) is 16.8. The van der Waals surface area contributed by atoms with Crippen LogP contribution in [0.3, 0.4) is 0 Å². The monoisotopic (exact) mass is 336 g/mol. The third-order valence-corrected chi connectivity index (χ3v) is 3.98. The number of methoxy groups -OCH3 is 1. The molecule has 0 saturated heterocycles. The van der Waals surface area contributed by atoms with E-state index in [1.165, 1.54) is 7.11 Å². The van der Waals surface area contributed by atoms with Crippen LogP contribution in [0.5, 0.6) is 5.75 Å². The summed E-state index contributed by atoms with van der Waals surface area (Å²) in [5, 5.41) is 1.84. The standard InChI is InChI=1S/C20H20N2O3/c1-22(17-6-4-3-5-7-17)10-11-25-18-9-8-15-13-19(20(23)24-2)21-14-16(15)12-18/h3-9,12-14H,10-11H2,1-2H3. The minimum absolute atomic E-state index is 0.299. The Morgan fingerprint density at radius 1 is 1.08 bits per heavy atom. The third kappa shape index (κ3) is 4.07. The highest BCUT2D eigenvalue weighted by Crippen LogP contribution is 2.21. The number of ether oxygens (including phenoxy) is 2. The topological polar surface area (TPSA) is 51.7 Å². The molecule has 0 aliphatic carbocycles. The highest BCUT2D eigenvalue weighted by Gasteiger charge is 2.08. The lowest BCUT2D eigenvalue weighted by Gasteiger charge is -2.19. The van der Waals surface area contributed by atoms with Crippen molar-refractivity contribution in [1.29, 1.82) is 0 Å². The van der Waals surface area contributed by atoms with E-state index < -0.39 is 5.97 Å². The molecular formula is C20H20N2O3. The van der Waals surface area contributed by atoms with Crippen molar-refractivity contribution < 1.29 is 14.3 Å². The van der Waals surface area contributed by atoms with Crippen molar-refractivity contribution in [2.45, 2.75) is 0 Å². The lowest BCUT2D eigenvalue weighted by molar-refractivity contribution is 0.0594. The second-order valence-corrected chi connectivity index (χ2v) is 5.68. The van der Waals surface area contributed by atoms with Crippen LogP contribution in [0.1, 0.15) is 10.5 Å². The highest BCUT2D eigenvalue weighted by molar-refractivity contribution is 5.93. The van der Waals surface area contributed by atoms with Gasteiger partial charge in [-0.05, 0) is 35.7 Å². The fraction of sp³-hybridized carbons (Fsp3) is 0.200. The summed E-state index contributed by atoms with van der Waals surface area (Å²) in [6.45, 7) is 1.35. The molecule has 1 heterocycles. The van der Waals surface area contributed by atoms with Crippen LogP contribution in [0, 0.1) is 0 Å². The van der Waals surface area contributed by atoms with Gasteiger partial charge >= 0.3 is 5.97 Å². The number of esters is 1. The molecule has 0 bridgehead atoms. The number of fused-ring (bicyclic) bond motifs is 1. The number of rotatable bonds is 6. The van der Waals surface area contributed by atoms with Gasteiger partial charge in [-0.3, -0.25) is 0 Å². The Morgan fingerprint density at radius 3 is 2.64 bits per heavy atom. The zero-order chi connectivity index (χ0) is 17.6. The van der Waals surface area contributed by atoms with Gasteiger partial charge in [-0.15, -0.1) is 0 Å². The number of anilines is 1. The SMILES string of the molecule is COC(=O)c1cc2ccc(OCCN(C)c3ccccc3)cc2cn1. The maximum atomic E-state index is 11.5. The van der Waals surface area contributed by atoms with E-state index in [9.17, 15) is 4.79 Å². The zero-order valence-corrected chi connectivity index (χ0v) is 14.3. The van der Waals surface area contributed by atoms with Crippen molar-refractivity contribution in [3.8, 4) is 5.75 Å². The number of pyridine rings is 1. The van der Waals surface area contributed by atoms with Crippen molar-refractivity contribution in [1.82, 2.24) is 4.98 Å². The molecule has 3 rings (SSSR count). The van der Waals surface area contributed by atoms with Gasteiger partial charge in [0.1, 0.15) is 18.1 Å². The average Bonchev–Trinajstić information content (AvgIpc) is 2.67. The zero-order valence-electron chi connectivity index (χ0n) is 14.3. The lowest BCUT2D eigenvalue weighted by Crippen LogP contribution is -2.23. The molecule has 0 aliphatic heterocycles. The van der Waals surface area contributed by atoms with E-state index in [1.54, 1.807) is 12.3 Å². The summed E-state index contributed by atoms with van der Waals surface area (Å²) in [5.41, 5.74) is 1.46. The summed E-state index contributed by atoms with van der Waals surface area (Å²) in [4.78, 5) is 17.8. The summed E-state index contributed by atoms with van der Waals surface area (Å²) < 4.78 is 10.5. The minimum atomic E-state index is -0.439. The normalized spacial score (nSPS) is 10.5. The number of para-hydroxylation sites is 1. The van der Waals surface area contributed by atoms with Gasteiger partial charge in [-0.2, -0.15) is 0 Å². The molecule has 5 nitrogen and oxygen atoms in total. The van der Waals surface area contributed by atoms with Crippen LogP contribution in [-0.4, -0.2) is 38.3 Å². The fourth-order valence-corrected chi connectivity index (χ4v) is 2.54. The van der Waals surface area contributed by atoms with E-state index >= 15 is 0 Å². The molecule has 0 radical (unpaired) electrons. The molecule has 2 aromatic carbocycles. The molecule has 25 heavy (non-hydrogen) atoms. The second kappa shape index (κ2) is 7.66. The van der Waals surface area contributed by atoms with Crippen molar-refractivity contribution in [2.75, 3.05) is 32.2 Å². The number of carbonyl (C=O) groups excluding carboxylic acids is 1. The van der Waals surface area contributed by atoms with Crippen LogP contribution in [0.2, 0.25) is 0 Å². The van der Waals surface area contributed by atoms with Gasteiger partial charge in [-0.1, -0.05) is 24.3 Å². The summed E-state index contributed by atoms with van der Waals surface area (Å²) in [7, 11) is 3.38. The number of nitrogens with zero attached hydrogens (tertiary/aromatic N) is 2. The molecule has 0 aliphatic rings. The number of hydrogen-bond acceptors (Lipinski definition) is 5. The molecule has 0 unspecified atom stereocenters. The molecule has 0 N–H and O–H groups in total. The quantitative estimate of drug-likeness (QED) is 0.645. The summed E-state index contributed by atoms with van der Waals surface area (Å²) in [5.74, 6) is 0.341. The molecule has 3 aromatic rings.